The fraction of sp³-hybridized carbons (Fsp3) is 0.346. The molecule has 192 valence electrons. The zero-order valence-electron chi connectivity index (χ0n) is 21.0. The van der Waals surface area contributed by atoms with Crippen LogP contribution in [-0.2, 0) is 4.74 Å². The fourth-order valence-corrected chi connectivity index (χ4v) is 4.68. The second-order valence-electron chi connectivity index (χ2n) is 9.99. The van der Waals surface area contributed by atoms with Crippen LogP contribution in [0.1, 0.15) is 27.7 Å². The van der Waals surface area contributed by atoms with Gasteiger partial charge in [-0.05, 0) is 33.8 Å². The number of rotatable bonds is 3. The summed E-state index contributed by atoms with van der Waals surface area (Å²) in [5.74, 6) is 0.734. The highest BCUT2D eigenvalue weighted by molar-refractivity contribution is 6.30. The van der Waals surface area contributed by atoms with Crippen molar-refractivity contribution in [2.75, 3.05) is 24.5 Å². The van der Waals surface area contributed by atoms with Crippen LogP contribution in [0.4, 0.5) is 15.0 Å². The number of benzene rings is 1. The lowest BCUT2D eigenvalue weighted by atomic mass is 10.0. The minimum Gasteiger partial charge on any atom is -0.444 e. The topological polar surface area (TPSA) is 89.3 Å². The Morgan fingerprint density at radius 1 is 1.16 bits per heavy atom. The summed E-state index contributed by atoms with van der Waals surface area (Å²) >= 11 is 6.19. The van der Waals surface area contributed by atoms with Gasteiger partial charge in [0.25, 0.3) is 0 Å². The minimum atomic E-state index is -0.572. The molecule has 0 unspecified atom stereocenters. The predicted molar refractivity (Wildman–Crippen MR) is 139 cm³/mol. The standard InChI is InChI=1S/C26H27ClFN7O2/c1-16-13-33(25(36)37-26(2,3)4)9-10-34(16)23-22-19(18-7-5-6-8-20(18)28)14-35(24(22)30-15-29-23)21-11-17(27)12-31-32-21/h5-8,11-12,14-16H,9-10,13H2,1-4H3/t16-/m0/s1. The van der Waals surface area contributed by atoms with Gasteiger partial charge in [0.05, 0.1) is 16.6 Å². The van der Waals surface area contributed by atoms with Crippen LogP contribution >= 0.6 is 11.6 Å². The van der Waals surface area contributed by atoms with Crippen LogP contribution in [0.3, 0.4) is 0 Å². The van der Waals surface area contributed by atoms with E-state index in [1.165, 1.54) is 18.6 Å². The lowest BCUT2D eigenvalue weighted by Gasteiger charge is -2.41. The lowest BCUT2D eigenvalue weighted by Crippen LogP contribution is -2.54. The number of carbonyl (C=O) groups excluding carboxylic acids is 1. The molecule has 3 aromatic heterocycles. The summed E-state index contributed by atoms with van der Waals surface area (Å²) in [4.78, 5) is 25.7. The van der Waals surface area contributed by atoms with Gasteiger partial charge in [0.1, 0.15) is 23.6 Å². The van der Waals surface area contributed by atoms with Crippen LogP contribution in [0.5, 0.6) is 0 Å². The number of hydrogen-bond acceptors (Lipinski definition) is 7. The van der Waals surface area contributed by atoms with E-state index in [2.05, 4.69) is 25.1 Å². The number of amides is 1. The number of carbonyl (C=O) groups is 1. The highest BCUT2D eigenvalue weighted by Crippen LogP contribution is 2.38. The monoisotopic (exact) mass is 523 g/mol. The molecule has 0 radical (unpaired) electrons. The van der Waals surface area contributed by atoms with Crippen molar-refractivity contribution >= 4 is 34.5 Å². The zero-order chi connectivity index (χ0) is 26.3. The highest BCUT2D eigenvalue weighted by atomic mass is 35.5. The quantitative estimate of drug-likeness (QED) is 0.368. The van der Waals surface area contributed by atoms with Crippen LogP contribution in [-0.4, -0.2) is 67.0 Å². The molecule has 4 heterocycles. The van der Waals surface area contributed by atoms with E-state index in [1.807, 2.05) is 27.7 Å². The number of anilines is 1. The van der Waals surface area contributed by atoms with Crippen molar-refractivity contribution in [3.8, 4) is 16.9 Å². The molecule has 1 saturated heterocycles. The van der Waals surface area contributed by atoms with Crippen LogP contribution < -0.4 is 4.90 Å². The van der Waals surface area contributed by atoms with E-state index < -0.39 is 5.60 Å². The normalized spacial score (nSPS) is 16.3. The molecule has 0 N–H and O–H groups in total. The third-order valence-electron chi connectivity index (χ3n) is 6.13. The first-order valence-electron chi connectivity index (χ1n) is 12.0. The molecular weight excluding hydrogens is 497 g/mol. The molecule has 1 aliphatic heterocycles. The summed E-state index contributed by atoms with van der Waals surface area (Å²) in [6.45, 7) is 9.00. The SMILES string of the molecule is C[C@H]1CN(C(=O)OC(C)(C)C)CCN1c1ncnc2c1c(-c1ccccc1F)cn2-c1cc(Cl)cnn1. The smallest absolute Gasteiger partial charge is 0.410 e. The van der Waals surface area contributed by atoms with E-state index in [1.54, 1.807) is 39.9 Å². The van der Waals surface area contributed by atoms with Crippen LogP contribution in [0.15, 0.2) is 49.1 Å². The van der Waals surface area contributed by atoms with Crippen molar-refractivity contribution in [2.45, 2.75) is 39.3 Å². The molecule has 5 rings (SSSR count). The molecule has 0 bridgehead atoms. The summed E-state index contributed by atoms with van der Waals surface area (Å²) in [6.07, 6.45) is 4.36. The summed E-state index contributed by atoms with van der Waals surface area (Å²) in [5.41, 5.74) is 1.00. The largest absolute Gasteiger partial charge is 0.444 e. The maximum atomic E-state index is 15.0. The number of aromatic nitrogens is 5. The van der Waals surface area contributed by atoms with Gasteiger partial charge in [0.2, 0.25) is 0 Å². The molecule has 4 aromatic rings. The molecule has 0 aliphatic carbocycles. The third-order valence-corrected chi connectivity index (χ3v) is 6.34. The number of nitrogens with zero attached hydrogens (tertiary/aromatic N) is 7. The maximum Gasteiger partial charge on any atom is 0.410 e. The molecule has 0 spiro atoms. The number of ether oxygens (including phenoxy) is 1. The molecule has 37 heavy (non-hydrogen) atoms. The summed E-state index contributed by atoms with van der Waals surface area (Å²) in [7, 11) is 0. The van der Waals surface area contributed by atoms with E-state index >= 15 is 4.39 Å². The summed E-state index contributed by atoms with van der Waals surface area (Å²) in [6, 6.07) is 8.16. The molecule has 1 fully saturated rings. The van der Waals surface area contributed by atoms with Gasteiger partial charge in [-0.15, -0.1) is 5.10 Å². The lowest BCUT2D eigenvalue weighted by molar-refractivity contribution is 0.0218. The predicted octanol–water partition coefficient (Wildman–Crippen LogP) is 5.12. The molecule has 1 aliphatic rings. The second-order valence-corrected chi connectivity index (χ2v) is 10.4. The van der Waals surface area contributed by atoms with Gasteiger partial charge in [-0.2, -0.15) is 5.10 Å². The van der Waals surface area contributed by atoms with E-state index in [0.29, 0.717) is 58.5 Å². The van der Waals surface area contributed by atoms with Crippen LogP contribution in [0.2, 0.25) is 5.02 Å². The minimum absolute atomic E-state index is 0.0813. The molecule has 1 atom stereocenters. The van der Waals surface area contributed by atoms with Gasteiger partial charge in [0.15, 0.2) is 11.5 Å². The first-order valence-corrected chi connectivity index (χ1v) is 12.3. The van der Waals surface area contributed by atoms with Crippen molar-refractivity contribution < 1.29 is 13.9 Å². The molecular formula is C26H27ClFN7O2. The van der Waals surface area contributed by atoms with Crippen LogP contribution in [0, 0.1) is 5.82 Å². The average molecular weight is 524 g/mol. The number of fused-ring (bicyclic) bond motifs is 1. The first kappa shape index (κ1) is 24.9. The number of piperazine rings is 1. The summed E-state index contributed by atoms with van der Waals surface area (Å²) < 4.78 is 22.3. The Hall–Kier alpha value is -3.79. The fourth-order valence-electron chi connectivity index (χ4n) is 4.54. The van der Waals surface area contributed by atoms with Crippen molar-refractivity contribution in [3.63, 3.8) is 0 Å². The average Bonchev–Trinajstić information content (AvgIpc) is 3.23. The Bertz CT molecular complexity index is 1470. The van der Waals surface area contributed by atoms with E-state index in [4.69, 9.17) is 16.3 Å². The van der Waals surface area contributed by atoms with Gasteiger partial charge in [0, 0.05) is 49.1 Å². The molecule has 1 aromatic carbocycles. The van der Waals surface area contributed by atoms with Crippen molar-refractivity contribution in [1.29, 1.82) is 0 Å². The highest BCUT2D eigenvalue weighted by Gasteiger charge is 2.32. The van der Waals surface area contributed by atoms with E-state index in [-0.39, 0.29) is 18.0 Å². The Kier molecular flexibility index (Phi) is 6.45. The van der Waals surface area contributed by atoms with Gasteiger partial charge < -0.3 is 14.5 Å². The van der Waals surface area contributed by atoms with E-state index in [9.17, 15) is 4.79 Å². The number of hydrogen-bond donors (Lipinski definition) is 0. The van der Waals surface area contributed by atoms with Gasteiger partial charge in [-0.25, -0.2) is 19.2 Å². The molecule has 0 saturated carbocycles. The second kappa shape index (κ2) is 9.59. The van der Waals surface area contributed by atoms with Gasteiger partial charge in [-0.1, -0.05) is 29.8 Å². The summed E-state index contributed by atoms with van der Waals surface area (Å²) in [5, 5.41) is 9.26. The van der Waals surface area contributed by atoms with Crippen molar-refractivity contribution in [1.82, 2.24) is 29.6 Å². The van der Waals surface area contributed by atoms with Crippen molar-refractivity contribution in [2.24, 2.45) is 0 Å². The Balaban J connectivity index is 1.61. The molecule has 11 heteroatoms. The van der Waals surface area contributed by atoms with Gasteiger partial charge in [-0.3, -0.25) is 4.57 Å². The van der Waals surface area contributed by atoms with Crippen LogP contribution in [0.25, 0.3) is 28.0 Å². The Morgan fingerprint density at radius 3 is 2.65 bits per heavy atom. The third kappa shape index (κ3) is 4.93. The maximum absolute atomic E-state index is 15.0. The van der Waals surface area contributed by atoms with Crippen molar-refractivity contribution in [3.05, 3.63) is 59.9 Å². The first-order chi connectivity index (χ1) is 17.6. The molecule has 1 amide bonds. The Labute approximate surface area is 218 Å². The Morgan fingerprint density at radius 2 is 1.95 bits per heavy atom. The zero-order valence-corrected chi connectivity index (χ0v) is 21.8. The van der Waals surface area contributed by atoms with Gasteiger partial charge >= 0.3 is 6.09 Å². The molecule has 9 nitrogen and oxygen atoms in total. The van der Waals surface area contributed by atoms with E-state index in [0.717, 1.165) is 0 Å². The number of halogens is 2.